The predicted molar refractivity (Wildman–Crippen MR) is 75.5 cm³/mol. The van der Waals surface area contributed by atoms with Gasteiger partial charge in [0.1, 0.15) is 0 Å². The third-order valence-electron chi connectivity index (χ3n) is 3.15. The van der Waals surface area contributed by atoms with Crippen molar-refractivity contribution in [1.29, 1.82) is 0 Å². The van der Waals surface area contributed by atoms with Crippen molar-refractivity contribution in [2.24, 2.45) is 5.92 Å². The molecule has 1 fully saturated rings. The van der Waals surface area contributed by atoms with Crippen molar-refractivity contribution in [3.05, 3.63) is 0 Å². The van der Waals surface area contributed by atoms with Crippen molar-refractivity contribution >= 4 is 17.7 Å². The molecule has 1 heterocycles. The molecule has 1 aliphatic rings. The van der Waals surface area contributed by atoms with E-state index in [0.29, 0.717) is 6.42 Å². The van der Waals surface area contributed by atoms with E-state index in [2.05, 4.69) is 17.6 Å². The highest BCUT2D eigenvalue weighted by atomic mass is 32.2. The van der Waals surface area contributed by atoms with Gasteiger partial charge in [0.25, 0.3) is 0 Å². The summed E-state index contributed by atoms with van der Waals surface area (Å²) in [6, 6.07) is 0. The molecule has 1 rings (SSSR count). The second-order valence-corrected chi connectivity index (χ2v) is 5.94. The van der Waals surface area contributed by atoms with Crippen LogP contribution in [0.5, 0.6) is 0 Å². The van der Waals surface area contributed by atoms with Crippen LogP contribution in [0.2, 0.25) is 0 Å². The first-order valence-electron chi connectivity index (χ1n) is 6.88. The number of carbonyl (C=O) groups is 1. The molecule has 0 spiro atoms. The van der Waals surface area contributed by atoms with E-state index in [4.69, 9.17) is 0 Å². The van der Waals surface area contributed by atoms with Crippen molar-refractivity contribution in [2.45, 2.75) is 39.0 Å². The highest BCUT2D eigenvalue weighted by molar-refractivity contribution is 7.99. The van der Waals surface area contributed by atoms with Gasteiger partial charge in [-0.3, -0.25) is 4.79 Å². The smallest absolute Gasteiger partial charge is 0.220 e. The maximum absolute atomic E-state index is 11.5. The Morgan fingerprint density at radius 1 is 1.47 bits per heavy atom. The van der Waals surface area contributed by atoms with Gasteiger partial charge in [0.2, 0.25) is 5.91 Å². The third-order valence-corrected chi connectivity index (χ3v) is 4.22. The van der Waals surface area contributed by atoms with E-state index in [1.165, 1.54) is 25.0 Å². The average Bonchev–Trinajstić information content (AvgIpc) is 2.82. The van der Waals surface area contributed by atoms with Crippen molar-refractivity contribution in [2.75, 3.05) is 31.1 Å². The fourth-order valence-electron chi connectivity index (χ4n) is 1.98. The van der Waals surface area contributed by atoms with E-state index < -0.39 is 0 Å². The van der Waals surface area contributed by atoms with Gasteiger partial charge in [-0.05, 0) is 44.0 Å². The van der Waals surface area contributed by atoms with Crippen LogP contribution in [0.25, 0.3) is 0 Å². The van der Waals surface area contributed by atoms with Crippen LogP contribution >= 0.6 is 11.8 Å². The van der Waals surface area contributed by atoms with Gasteiger partial charge in [-0.2, -0.15) is 11.8 Å². The molecule has 0 aromatic rings. The standard InChI is InChI=1S/C13H26N2OS/c1-2-3-9-17-10-6-13(16)15-8-5-12-4-7-14-11-12/h12,14H,2-11H2,1H3,(H,15,16). The molecule has 0 aromatic heterocycles. The molecule has 2 N–H and O–H groups in total. The fraction of sp³-hybridized carbons (Fsp3) is 0.923. The zero-order chi connectivity index (χ0) is 12.3. The molecule has 1 amide bonds. The van der Waals surface area contributed by atoms with Gasteiger partial charge < -0.3 is 10.6 Å². The summed E-state index contributed by atoms with van der Waals surface area (Å²) in [5.74, 6) is 3.16. The summed E-state index contributed by atoms with van der Waals surface area (Å²) in [7, 11) is 0. The number of nitrogens with one attached hydrogen (secondary N) is 2. The summed E-state index contributed by atoms with van der Waals surface area (Å²) in [5.41, 5.74) is 0. The van der Waals surface area contributed by atoms with Gasteiger partial charge in [-0.25, -0.2) is 0 Å². The van der Waals surface area contributed by atoms with Crippen LogP contribution in [0.15, 0.2) is 0 Å². The first-order chi connectivity index (χ1) is 8.33. The van der Waals surface area contributed by atoms with Crippen molar-refractivity contribution in [3.8, 4) is 0 Å². The molecular weight excluding hydrogens is 232 g/mol. The zero-order valence-electron chi connectivity index (χ0n) is 11.0. The van der Waals surface area contributed by atoms with Gasteiger partial charge in [-0.1, -0.05) is 13.3 Å². The molecule has 1 unspecified atom stereocenters. The van der Waals surface area contributed by atoms with Crippen LogP contribution in [-0.4, -0.2) is 37.0 Å². The maximum Gasteiger partial charge on any atom is 0.220 e. The van der Waals surface area contributed by atoms with Crippen LogP contribution in [-0.2, 0) is 4.79 Å². The number of hydrogen-bond donors (Lipinski definition) is 2. The second-order valence-electron chi connectivity index (χ2n) is 4.71. The molecule has 17 heavy (non-hydrogen) atoms. The first kappa shape index (κ1) is 14.8. The summed E-state index contributed by atoms with van der Waals surface area (Å²) >= 11 is 1.89. The Labute approximate surface area is 109 Å². The minimum Gasteiger partial charge on any atom is -0.356 e. The number of amides is 1. The Bertz CT molecular complexity index is 206. The van der Waals surface area contributed by atoms with E-state index in [9.17, 15) is 4.79 Å². The monoisotopic (exact) mass is 258 g/mol. The van der Waals surface area contributed by atoms with Gasteiger partial charge in [0.15, 0.2) is 0 Å². The lowest BCUT2D eigenvalue weighted by Gasteiger charge is -2.09. The number of unbranched alkanes of at least 4 members (excludes halogenated alkanes) is 1. The minimum absolute atomic E-state index is 0.222. The summed E-state index contributed by atoms with van der Waals surface area (Å²) in [5, 5.41) is 6.37. The summed E-state index contributed by atoms with van der Waals surface area (Å²) < 4.78 is 0. The van der Waals surface area contributed by atoms with E-state index >= 15 is 0 Å². The minimum atomic E-state index is 0.222. The van der Waals surface area contributed by atoms with Crippen LogP contribution in [0.4, 0.5) is 0 Å². The lowest BCUT2D eigenvalue weighted by Crippen LogP contribution is -2.26. The molecule has 4 heteroatoms. The fourth-order valence-corrected chi connectivity index (χ4v) is 3.00. The van der Waals surface area contributed by atoms with Gasteiger partial charge in [0, 0.05) is 18.7 Å². The first-order valence-corrected chi connectivity index (χ1v) is 8.03. The molecule has 1 aliphatic heterocycles. The lowest BCUT2D eigenvalue weighted by molar-refractivity contribution is -0.120. The highest BCUT2D eigenvalue weighted by Crippen LogP contribution is 2.11. The largest absolute Gasteiger partial charge is 0.356 e. The molecule has 0 aliphatic carbocycles. The van der Waals surface area contributed by atoms with Gasteiger partial charge >= 0.3 is 0 Å². The van der Waals surface area contributed by atoms with Gasteiger partial charge in [-0.15, -0.1) is 0 Å². The Balaban J connectivity index is 1.86. The lowest BCUT2D eigenvalue weighted by atomic mass is 10.1. The van der Waals surface area contributed by atoms with E-state index in [0.717, 1.165) is 37.7 Å². The van der Waals surface area contributed by atoms with Crippen LogP contribution in [0.3, 0.4) is 0 Å². The Morgan fingerprint density at radius 3 is 3.06 bits per heavy atom. The van der Waals surface area contributed by atoms with E-state index in [-0.39, 0.29) is 5.91 Å². The van der Waals surface area contributed by atoms with E-state index in [1.807, 2.05) is 11.8 Å². The summed E-state index contributed by atoms with van der Waals surface area (Å²) in [6.07, 6.45) is 5.58. The molecule has 1 saturated heterocycles. The van der Waals surface area contributed by atoms with Crippen LogP contribution in [0, 0.1) is 5.92 Å². The van der Waals surface area contributed by atoms with E-state index in [1.54, 1.807) is 0 Å². The zero-order valence-corrected chi connectivity index (χ0v) is 11.8. The van der Waals surface area contributed by atoms with Gasteiger partial charge in [0.05, 0.1) is 0 Å². The predicted octanol–water partition coefficient (Wildman–Crippen LogP) is 2.03. The molecule has 0 saturated carbocycles. The number of thioether (sulfide) groups is 1. The molecular formula is C13H26N2OS. The average molecular weight is 258 g/mol. The van der Waals surface area contributed by atoms with Crippen molar-refractivity contribution in [1.82, 2.24) is 10.6 Å². The molecule has 1 atom stereocenters. The Hall–Kier alpha value is -0.220. The molecule has 3 nitrogen and oxygen atoms in total. The quantitative estimate of drug-likeness (QED) is 0.622. The molecule has 0 bridgehead atoms. The summed E-state index contributed by atoms with van der Waals surface area (Å²) in [4.78, 5) is 11.5. The Morgan fingerprint density at radius 2 is 2.35 bits per heavy atom. The highest BCUT2D eigenvalue weighted by Gasteiger charge is 2.13. The molecule has 100 valence electrons. The SMILES string of the molecule is CCCCSCCC(=O)NCCC1CCNC1. The third kappa shape index (κ3) is 7.66. The Kier molecular flexibility index (Phi) is 8.53. The van der Waals surface area contributed by atoms with Crippen LogP contribution < -0.4 is 10.6 Å². The second kappa shape index (κ2) is 9.77. The van der Waals surface area contributed by atoms with Crippen molar-refractivity contribution < 1.29 is 4.79 Å². The topological polar surface area (TPSA) is 41.1 Å². The molecule has 0 radical (unpaired) electrons. The van der Waals surface area contributed by atoms with Crippen molar-refractivity contribution in [3.63, 3.8) is 0 Å². The summed E-state index contributed by atoms with van der Waals surface area (Å²) in [6.45, 7) is 5.32. The maximum atomic E-state index is 11.5. The number of carbonyl (C=O) groups excluding carboxylic acids is 1. The van der Waals surface area contributed by atoms with Crippen LogP contribution in [0.1, 0.15) is 39.0 Å². The number of rotatable bonds is 9. The number of hydrogen-bond acceptors (Lipinski definition) is 3. The normalized spacial score (nSPS) is 19.5. The molecule has 0 aromatic carbocycles.